The average Bonchev–Trinajstić information content (AvgIpc) is 3.36. The van der Waals surface area contributed by atoms with Crippen molar-refractivity contribution >= 4 is 33.6 Å². The van der Waals surface area contributed by atoms with E-state index in [0.29, 0.717) is 30.2 Å². The van der Waals surface area contributed by atoms with Crippen LogP contribution in [-0.2, 0) is 9.53 Å². The Morgan fingerprint density at radius 2 is 1.97 bits per heavy atom. The number of benzene rings is 1. The van der Waals surface area contributed by atoms with E-state index in [9.17, 15) is 9.90 Å². The van der Waals surface area contributed by atoms with Gasteiger partial charge in [0.25, 0.3) is 6.47 Å². The van der Waals surface area contributed by atoms with E-state index >= 15 is 0 Å². The highest BCUT2D eigenvalue weighted by Crippen LogP contribution is 2.35. The number of hydrogen-bond donors (Lipinski definition) is 5. The molecule has 204 valence electrons. The first-order valence-corrected chi connectivity index (χ1v) is 13.7. The van der Waals surface area contributed by atoms with Crippen LogP contribution >= 0.6 is 11.3 Å². The van der Waals surface area contributed by atoms with Gasteiger partial charge in [-0.05, 0) is 81.4 Å². The molecule has 2 fully saturated rings. The number of rotatable bonds is 8. The largest absolute Gasteiger partial charge is 0.507 e. The number of aromatic hydroxyl groups is 1. The van der Waals surface area contributed by atoms with Crippen LogP contribution in [0.3, 0.4) is 0 Å². The first kappa shape index (κ1) is 28.8. The van der Waals surface area contributed by atoms with Crippen molar-refractivity contribution in [3.05, 3.63) is 46.6 Å². The van der Waals surface area contributed by atoms with Gasteiger partial charge in [0.2, 0.25) is 0 Å². The van der Waals surface area contributed by atoms with Gasteiger partial charge in [-0.15, -0.1) is 11.3 Å². The van der Waals surface area contributed by atoms with Crippen molar-refractivity contribution in [2.45, 2.75) is 44.8 Å². The first-order valence-electron chi connectivity index (χ1n) is 12.8. The van der Waals surface area contributed by atoms with E-state index in [1.807, 2.05) is 30.5 Å². The molecular weight excluding hydrogens is 490 g/mol. The molecule has 0 saturated carbocycles. The maximum atomic E-state index is 10.6. The second-order valence-electron chi connectivity index (χ2n) is 9.78. The predicted molar refractivity (Wildman–Crippen MR) is 150 cm³/mol. The van der Waals surface area contributed by atoms with Crippen LogP contribution in [-0.4, -0.2) is 85.0 Å². The number of fused-ring (bicyclic) bond motifs is 1. The normalized spacial score (nSPS) is 20.6. The summed E-state index contributed by atoms with van der Waals surface area (Å²) >= 11 is 1.58. The predicted octanol–water partition coefficient (Wildman–Crippen LogP) is 2.40. The standard InChI is InChI=1S/C21H28N4O3S.C6H13NO/c1-14(20(23)17-4-5-18-16(21(17)27)6-10-29-18)11-19(22)24-15-3-2-7-25(12-15)8-9-28-13-26;1-7-4-2-6(8)3-5-7/h4-6,10-11,13,15,24,27H,2-3,7-9,12,22-23H2,1H3;6,8H,2-5H2,1H3/b19-11+,20-14-;. The molecule has 3 heterocycles. The van der Waals surface area contributed by atoms with E-state index in [1.54, 1.807) is 17.4 Å². The van der Waals surface area contributed by atoms with Crippen LogP contribution < -0.4 is 16.8 Å². The lowest BCUT2D eigenvalue weighted by Crippen LogP contribution is -2.47. The summed E-state index contributed by atoms with van der Waals surface area (Å²) in [5, 5.41) is 25.7. The summed E-state index contributed by atoms with van der Waals surface area (Å²) in [5.74, 6) is 0.735. The Balaban J connectivity index is 0.000000405. The van der Waals surface area contributed by atoms with Crippen molar-refractivity contribution in [3.8, 4) is 5.75 Å². The van der Waals surface area contributed by atoms with E-state index in [2.05, 4.69) is 22.2 Å². The van der Waals surface area contributed by atoms with Crippen molar-refractivity contribution < 1.29 is 19.7 Å². The third-order valence-electron chi connectivity index (χ3n) is 6.85. The minimum absolute atomic E-state index is 0.0220. The van der Waals surface area contributed by atoms with E-state index in [0.717, 1.165) is 74.1 Å². The van der Waals surface area contributed by atoms with Gasteiger partial charge in [0.05, 0.1) is 11.9 Å². The van der Waals surface area contributed by atoms with E-state index in [-0.39, 0.29) is 17.9 Å². The number of phenolic OH excluding ortho intramolecular Hbond substituents is 1. The highest BCUT2D eigenvalue weighted by molar-refractivity contribution is 7.17. The van der Waals surface area contributed by atoms with Crippen LogP contribution in [0.5, 0.6) is 5.75 Å². The Bertz CT molecular complexity index is 1070. The Labute approximate surface area is 223 Å². The van der Waals surface area contributed by atoms with Gasteiger partial charge >= 0.3 is 0 Å². The van der Waals surface area contributed by atoms with Crippen LogP contribution in [0.25, 0.3) is 15.8 Å². The van der Waals surface area contributed by atoms with Crippen LogP contribution in [0.4, 0.5) is 0 Å². The van der Waals surface area contributed by atoms with Crippen LogP contribution in [0.1, 0.15) is 38.2 Å². The number of nitrogens with one attached hydrogen (secondary N) is 1. The zero-order chi connectivity index (χ0) is 26.8. The zero-order valence-electron chi connectivity index (χ0n) is 21.9. The molecule has 9 nitrogen and oxygen atoms in total. The van der Waals surface area contributed by atoms with E-state index in [4.69, 9.17) is 21.3 Å². The number of aliphatic hydroxyl groups is 1. The first-order chi connectivity index (χ1) is 17.8. The zero-order valence-corrected chi connectivity index (χ0v) is 22.7. The Morgan fingerprint density at radius 3 is 2.68 bits per heavy atom. The molecule has 0 radical (unpaired) electrons. The SMILES string of the molecule is CC(/C=C(\N)NC1CCCN(CCOC=O)C1)=C(/N)c1ccc2sccc2c1O.CN1CCC(O)CC1. The number of carbonyl (C=O) groups is 1. The third-order valence-corrected chi connectivity index (χ3v) is 7.73. The molecule has 0 spiro atoms. The van der Waals surface area contributed by atoms with Gasteiger partial charge in [-0.3, -0.25) is 9.69 Å². The Hall–Kier alpha value is -2.79. The maximum Gasteiger partial charge on any atom is 0.293 e. The molecule has 2 aliphatic heterocycles. The minimum Gasteiger partial charge on any atom is -0.507 e. The number of hydrogen-bond acceptors (Lipinski definition) is 10. The van der Waals surface area contributed by atoms with Crippen LogP contribution in [0.15, 0.2) is 41.0 Å². The van der Waals surface area contributed by atoms with Gasteiger partial charge in [0, 0.05) is 53.6 Å². The second-order valence-corrected chi connectivity index (χ2v) is 10.7. The summed E-state index contributed by atoms with van der Waals surface area (Å²) in [7, 11) is 2.09. The van der Waals surface area contributed by atoms with Gasteiger partial charge in [-0.2, -0.15) is 0 Å². The third kappa shape index (κ3) is 8.63. The number of carbonyl (C=O) groups excluding carboxylic acids is 1. The van der Waals surface area contributed by atoms with Crippen molar-refractivity contribution in [1.29, 1.82) is 0 Å². The number of thiophene rings is 1. The number of nitrogens with zero attached hydrogens (tertiary/aromatic N) is 2. The summed E-state index contributed by atoms with van der Waals surface area (Å²) < 4.78 is 5.81. The highest BCUT2D eigenvalue weighted by atomic mass is 32.1. The molecule has 1 atom stereocenters. The quantitative estimate of drug-likeness (QED) is 0.197. The molecule has 2 aromatic rings. The summed E-state index contributed by atoms with van der Waals surface area (Å²) in [5.41, 5.74) is 14.4. The number of nitrogens with two attached hydrogens (primary N) is 2. The molecule has 1 unspecified atom stereocenters. The number of phenols is 1. The molecule has 2 saturated heterocycles. The molecule has 0 bridgehead atoms. The highest BCUT2D eigenvalue weighted by Gasteiger charge is 2.20. The fourth-order valence-corrected chi connectivity index (χ4v) is 5.44. The van der Waals surface area contributed by atoms with Crippen LogP contribution in [0, 0.1) is 0 Å². The maximum absolute atomic E-state index is 10.6. The summed E-state index contributed by atoms with van der Waals surface area (Å²) in [4.78, 5) is 14.8. The number of piperidine rings is 2. The summed E-state index contributed by atoms with van der Waals surface area (Å²) in [6.45, 7) is 7.42. The van der Waals surface area contributed by atoms with Gasteiger partial charge in [-0.25, -0.2) is 0 Å². The van der Waals surface area contributed by atoms with Crippen molar-refractivity contribution in [3.63, 3.8) is 0 Å². The number of aliphatic hydroxyl groups excluding tert-OH is 1. The fourth-order valence-electron chi connectivity index (χ4n) is 4.65. The van der Waals surface area contributed by atoms with E-state index < -0.39 is 0 Å². The molecule has 1 aromatic carbocycles. The summed E-state index contributed by atoms with van der Waals surface area (Å²) in [6, 6.07) is 5.92. The van der Waals surface area contributed by atoms with Crippen molar-refractivity contribution in [1.82, 2.24) is 15.1 Å². The topological polar surface area (TPSA) is 137 Å². The number of likely N-dealkylation sites (tertiary alicyclic amines) is 2. The van der Waals surface area contributed by atoms with Crippen molar-refractivity contribution in [2.24, 2.45) is 11.5 Å². The molecule has 1 aromatic heterocycles. The number of allylic oxidation sites excluding steroid dienone is 2. The number of ether oxygens (including phenoxy) is 1. The lowest BCUT2D eigenvalue weighted by molar-refractivity contribution is -0.129. The summed E-state index contributed by atoms with van der Waals surface area (Å²) in [6.07, 6.45) is 5.77. The molecule has 10 heteroatoms. The molecule has 37 heavy (non-hydrogen) atoms. The van der Waals surface area contributed by atoms with Gasteiger partial charge in [0.15, 0.2) is 0 Å². The van der Waals surface area contributed by atoms with Gasteiger partial charge in [-0.1, -0.05) is 0 Å². The Morgan fingerprint density at radius 1 is 1.22 bits per heavy atom. The van der Waals surface area contributed by atoms with Crippen LogP contribution in [0.2, 0.25) is 0 Å². The molecular formula is C27H41N5O4S. The fraction of sp³-hybridized carbons (Fsp3) is 0.519. The monoisotopic (exact) mass is 531 g/mol. The van der Waals surface area contributed by atoms with E-state index in [1.165, 1.54) is 0 Å². The lowest BCUT2D eigenvalue weighted by Gasteiger charge is -2.33. The molecule has 0 aliphatic carbocycles. The smallest absolute Gasteiger partial charge is 0.293 e. The average molecular weight is 532 g/mol. The lowest BCUT2D eigenvalue weighted by atomic mass is 10.0. The van der Waals surface area contributed by atoms with Gasteiger partial charge in [0.1, 0.15) is 12.4 Å². The van der Waals surface area contributed by atoms with Crippen molar-refractivity contribution in [2.75, 3.05) is 46.4 Å². The molecule has 7 N–H and O–H groups in total. The molecule has 4 rings (SSSR count). The molecule has 0 amide bonds. The molecule has 2 aliphatic rings. The Kier molecular flexibility index (Phi) is 11.1. The van der Waals surface area contributed by atoms with Gasteiger partial charge < -0.3 is 36.6 Å². The minimum atomic E-state index is -0.0220. The second kappa shape index (κ2) is 14.2.